The van der Waals surface area contributed by atoms with Gasteiger partial charge in [-0.2, -0.15) is 0 Å². The predicted octanol–water partition coefficient (Wildman–Crippen LogP) is 2.82. The van der Waals surface area contributed by atoms with Crippen LogP contribution in [0.4, 0.5) is 0 Å². The third-order valence-electron chi connectivity index (χ3n) is 2.91. The zero-order valence-electron chi connectivity index (χ0n) is 8.47. The summed E-state index contributed by atoms with van der Waals surface area (Å²) >= 11 is 0. The largest absolute Gasteiger partial charge is 0.481 e. The van der Waals surface area contributed by atoms with Gasteiger partial charge in [0.1, 0.15) is 0 Å². The van der Waals surface area contributed by atoms with Gasteiger partial charge in [-0.1, -0.05) is 42.5 Å². The average Bonchev–Trinajstić information content (AvgIpc) is 2.30. The minimum absolute atomic E-state index is 0.287. The fourth-order valence-corrected chi connectivity index (χ4v) is 2.00. The molecule has 0 fully saturated rings. The van der Waals surface area contributed by atoms with Crippen LogP contribution in [0.2, 0.25) is 0 Å². The molecular weight excluding hydrogens is 188 g/mol. The van der Waals surface area contributed by atoms with Crippen LogP contribution >= 0.6 is 0 Å². The summed E-state index contributed by atoms with van der Waals surface area (Å²) in [7, 11) is 0. The van der Waals surface area contributed by atoms with Crippen molar-refractivity contribution in [2.75, 3.05) is 0 Å². The Morgan fingerprint density at radius 1 is 1.13 bits per heavy atom. The third kappa shape index (κ3) is 2.27. The van der Waals surface area contributed by atoms with Crippen LogP contribution in [-0.2, 0) is 4.79 Å². The molecule has 2 nitrogen and oxygen atoms in total. The van der Waals surface area contributed by atoms with E-state index >= 15 is 0 Å². The van der Waals surface area contributed by atoms with Crippen LogP contribution in [-0.4, -0.2) is 11.1 Å². The van der Waals surface area contributed by atoms with Crippen LogP contribution in [0.25, 0.3) is 0 Å². The molecular formula is C13H14O2. The van der Waals surface area contributed by atoms with Crippen molar-refractivity contribution in [2.24, 2.45) is 5.92 Å². The number of benzene rings is 1. The van der Waals surface area contributed by atoms with Gasteiger partial charge in [-0.3, -0.25) is 4.79 Å². The lowest BCUT2D eigenvalue weighted by Gasteiger charge is -2.20. The first-order valence-corrected chi connectivity index (χ1v) is 5.23. The van der Waals surface area contributed by atoms with E-state index in [1.54, 1.807) is 0 Å². The zero-order valence-corrected chi connectivity index (χ0v) is 8.47. The quantitative estimate of drug-likeness (QED) is 0.749. The van der Waals surface area contributed by atoms with Crippen molar-refractivity contribution in [3.05, 3.63) is 48.0 Å². The monoisotopic (exact) mass is 202 g/mol. The SMILES string of the molecule is O=C(O)C1C=CC(c2ccccc2)CC1. The van der Waals surface area contributed by atoms with E-state index in [1.165, 1.54) is 5.56 Å². The summed E-state index contributed by atoms with van der Waals surface area (Å²) in [5.41, 5.74) is 1.28. The molecule has 78 valence electrons. The molecule has 2 rings (SSSR count). The molecule has 2 atom stereocenters. The van der Waals surface area contributed by atoms with E-state index in [2.05, 4.69) is 12.1 Å². The van der Waals surface area contributed by atoms with Crippen molar-refractivity contribution >= 4 is 5.97 Å². The molecule has 0 saturated heterocycles. The Hall–Kier alpha value is -1.57. The van der Waals surface area contributed by atoms with Crippen molar-refractivity contribution in [1.29, 1.82) is 0 Å². The molecule has 0 aliphatic heterocycles. The maximum absolute atomic E-state index is 10.7. The second-order valence-electron chi connectivity index (χ2n) is 3.92. The Labute approximate surface area is 89.2 Å². The first-order chi connectivity index (χ1) is 7.27. The van der Waals surface area contributed by atoms with Crippen LogP contribution in [0, 0.1) is 5.92 Å². The predicted molar refractivity (Wildman–Crippen MR) is 58.7 cm³/mol. The number of hydrogen-bond acceptors (Lipinski definition) is 1. The maximum atomic E-state index is 10.7. The maximum Gasteiger partial charge on any atom is 0.310 e. The van der Waals surface area contributed by atoms with Gasteiger partial charge >= 0.3 is 5.97 Å². The van der Waals surface area contributed by atoms with Gasteiger partial charge in [-0.05, 0) is 18.4 Å². The number of allylic oxidation sites excluding steroid dienone is 1. The number of hydrogen-bond donors (Lipinski definition) is 1. The molecule has 1 aliphatic carbocycles. The highest BCUT2D eigenvalue weighted by atomic mass is 16.4. The Kier molecular flexibility index (Phi) is 2.86. The number of carboxylic acids is 1. The normalized spacial score (nSPS) is 25.1. The lowest BCUT2D eigenvalue weighted by atomic mass is 9.84. The second-order valence-corrected chi connectivity index (χ2v) is 3.92. The number of carboxylic acid groups (broad SMARTS) is 1. The van der Waals surface area contributed by atoms with E-state index in [9.17, 15) is 4.79 Å². The van der Waals surface area contributed by atoms with Crippen molar-refractivity contribution in [1.82, 2.24) is 0 Å². The molecule has 0 saturated carbocycles. The molecule has 2 unspecified atom stereocenters. The Balaban J connectivity index is 2.10. The van der Waals surface area contributed by atoms with Crippen LogP contribution in [0.5, 0.6) is 0 Å². The summed E-state index contributed by atoms with van der Waals surface area (Å²) in [5.74, 6) is -0.607. The van der Waals surface area contributed by atoms with E-state index in [4.69, 9.17) is 5.11 Å². The van der Waals surface area contributed by atoms with Crippen LogP contribution in [0.1, 0.15) is 24.3 Å². The molecule has 0 aromatic heterocycles. The second kappa shape index (κ2) is 4.30. The lowest BCUT2D eigenvalue weighted by Crippen LogP contribution is -2.15. The highest BCUT2D eigenvalue weighted by molar-refractivity contribution is 5.72. The molecule has 15 heavy (non-hydrogen) atoms. The standard InChI is InChI=1S/C13H14O2/c14-13(15)12-8-6-11(7-9-12)10-4-2-1-3-5-10/h1-6,8,11-12H,7,9H2,(H,14,15). The van der Waals surface area contributed by atoms with Gasteiger partial charge in [0.2, 0.25) is 0 Å². The van der Waals surface area contributed by atoms with Crippen molar-refractivity contribution < 1.29 is 9.90 Å². The zero-order chi connectivity index (χ0) is 10.7. The lowest BCUT2D eigenvalue weighted by molar-refractivity contribution is -0.140. The minimum atomic E-state index is -0.710. The first-order valence-electron chi connectivity index (χ1n) is 5.23. The Morgan fingerprint density at radius 3 is 2.40 bits per heavy atom. The van der Waals surface area contributed by atoms with Gasteiger partial charge in [-0.25, -0.2) is 0 Å². The molecule has 1 aliphatic rings. The summed E-state index contributed by atoms with van der Waals surface area (Å²) in [5, 5.41) is 8.84. The molecule has 0 radical (unpaired) electrons. The molecule has 0 spiro atoms. The highest BCUT2D eigenvalue weighted by Crippen LogP contribution is 2.30. The third-order valence-corrected chi connectivity index (χ3v) is 2.91. The van der Waals surface area contributed by atoms with Gasteiger partial charge in [0.05, 0.1) is 5.92 Å². The van der Waals surface area contributed by atoms with Crippen molar-refractivity contribution in [3.63, 3.8) is 0 Å². The van der Waals surface area contributed by atoms with E-state index < -0.39 is 5.97 Å². The van der Waals surface area contributed by atoms with Crippen molar-refractivity contribution in [2.45, 2.75) is 18.8 Å². The average molecular weight is 202 g/mol. The van der Waals surface area contributed by atoms with Crippen LogP contribution in [0.15, 0.2) is 42.5 Å². The van der Waals surface area contributed by atoms with Gasteiger partial charge in [0.15, 0.2) is 0 Å². The molecule has 2 heteroatoms. The van der Waals surface area contributed by atoms with Gasteiger partial charge in [0.25, 0.3) is 0 Å². The summed E-state index contributed by atoms with van der Waals surface area (Å²) in [6.07, 6.45) is 5.52. The molecule has 1 aromatic rings. The summed E-state index contributed by atoms with van der Waals surface area (Å²) < 4.78 is 0. The number of rotatable bonds is 2. The summed E-state index contributed by atoms with van der Waals surface area (Å²) in [6.45, 7) is 0. The number of carbonyl (C=O) groups is 1. The summed E-state index contributed by atoms with van der Waals surface area (Å²) in [6, 6.07) is 10.2. The van der Waals surface area contributed by atoms with E-state index in [1.807, 2.05) is 30.4 Å². The molecule has 1 aromatic carbocycles. The molecule has 0 bridgehead atoms. The minimum Gasteiger partial charge on any atom is -0.481 e. The fraction of sp³-hybridized carbons (Fsp3) is 0.308. The molecule has 0 amide bonds. The number of aliphatic carboxylic acids is 1. The van der Waals surface area contributed by atoms with Gasteiger partial charge in [-0.15, -0.1) is 0 Å². The first kappa shape index (κ1) is 9.97. The van der Waals surface area contributed by atoms with E-state index in [0.717, 1.165) is 12.8 Å². The van der Waals surface area contributed by atoms with Crippen molar-refractivity contribution in [3.8, 4) is 0 Å². The van der Waals surface area contributed by atoms with E-state index in [-0.39, 0.29) is 5.92 Å². The fourth-order valence-electron chi connectivity index (χ4n) is 2.00. The van der Waals surface area contributed by atoms with Gasteiger partial charge < -0.3 is 5.11 Å². The highest BCUT2D eigenvalue weighted by Gasteiger charge is 2.21. The summed E-state index contributed by atoms with van der Waals surface area (Å²) in [4.78, 5) is 10.7. The Bertz CT molecular complexity index is 367. The topological polar surface area (TPSA) is 37.3 Å². The van der Waals surface area contributed by atoms with E-state index in [0.29, 0.717) is 5.92 Å². The molecule has 1 N–H and O–H groups in total. The smallest absolute Gasteiger partial charge is 0.310 e. The molecule has 0 heterocycles. The van der Waals surface area contributed by atoms with Crippen LogP contribution in [0.3, 0.4) is 0 Å². The Morgan fingerprint density at radius 2 is 1.87 bits per heavy atom. The van der Waals surface area contributed by atoms with Crippen LogP contribution < -0.4 is 0 Å². The van der Waals surface area contributed by atoms with Gasteiger partial charge in [0, 0.05) is 5.92 Å².